The van der Waals surface area contributed by atoms with Gasteiger partial charge in [0.25, 0.3) is 0 Å². The lowest BCUT2D eigenvalue weighted by atomic mass is 9.76. The van der Waals surface area contributed by atoms with Crippen LogP contribution in [-0.4, -0.2) is 0 Å². The minimum atomic E-state index is -1.88. The summed E-state index contributed by atoms with van der Waals surface area (Å²) < 4.78 is 58.7. The minimum absolute atomic E-state index is 0.230. The first-order valence-corrected chi connectivity index (χ1v) is 11.3. The molecule has 0 amide bonds. The summed E-state index contributed by atoms with van der Waals surface area (Å²) in [6.07, 6.45) is 7.35. The van der Waals surface area contributed by atoms with Gasteiger partial charge in [0.05, 0.1) is 0 Å². The van der Waals surface area contributed by atoms with Crippen LogP contribution in [0.1, 0.15) is 82.6 Å². The molecule has 5 heteroatoms. The van der Waals surface area contributed by atoms with Crippen LogP contribution in [0.4, 0.5) is 17.6 Å². The first-order chi connectivity index (χ1) is 14.5. The van der Waals surface area contributed by atoms with Crippen molar-refractivity contribution in [2.75, 3.05) is 0 Å². The van der Waals surface area contributed by atoms with Crippen LogP contribution >= 0.6 is 0 Å². The number of halogens is 4. The number of benzene rings is 1. The molecular formula is C25H32F4O. The number of hydrogen-bond acceptors (Lipinski definition) is 1. The molecule has 2 aliphatic carbocycles. The van der Waals surface area contributed by atoms with Gasteiger partial charge in [-0.25, -0.2) is 8.78 Å². The molecule has 0 bridgehead atoms. The van der Waals surface area contributed by atoms with Crippen molar-refractivity contribution in [2.45, 2.75) is 77.0 Å². The zero-order valence-electron chi connectivity index (χ0n) is 17.7. The first-order valence-electron chi connectivity index (χ1n) is 11.3. The molecule has 2 fully saturated rings. The molecule has 1 aromatic rings. The Balaban J connectivity index is 1.52. The average Bonchev–Trinajstić information content (AvgIpc) is 2.78. The molecule has 0 atom stereocenters. The lowest BCUT2D eigenvalue weighted by molar-refractivity contribution is 0.241. The van der Waals surface area contributed by atoms with Crippen LogP contribution < -0.4 is 4.74 Å². The highest BCUT2D eigenvalue weighted by atomic mass is 19.3. The maximum absolute atomic E-state index is 14.9. The maximum atomic E-state index is 14.9. The molecule has 0 N–H and O–H groups in total. The molecule has 0 aliphatic heterocycles. The van der Waals surface area contributed by atoms with E-state index < -0.39 is 17.7 Å². The van der Waals surface area contributed by atoms with Crippen LogP contribution in [0.2, 0.25) is 0 Å². The zero-order chi connectivity index (χ0) is 21.5. The Morgan fingerprint density at radius 2 is 1.37 bits per heavy atom. The number of allylic oxidation sites excluding steroid dienone is 2. The molecule has 2 saturated carbocycles. The number of rotatable bonds is 7. The minimum Gasteiger partial charge on any atom is -0.459 e. The normalized spacial score (nSPS) is 27.9. The Hall–Kier alpha value is -1.78. The Morgan fingerprint density at radius 3 is 1.87 bits per heavy atom. The molecule has 0 spiro atoms. The van der Waals surface area contributed by atoms with Crippen LogP contribution in [-0.2, 0) is 0 Å². The molecule has 0 aromatic heterocycles. The van der Waals surface area contributed by atoms with Gasteiger partial charge in [-0.05, 0) is 80.9 Å². The van der Waals surface area contributed by atoms with E-state index in [2.05, 4.69) is 6.92 Å². The van der Waals surface area contributed by atoms with Crippen LogP contribution in [0, 0.1) is 17.8 Å². The molecule has 0 radical (unpaired) electrons. The first kappa shape index (κ1) is 22.9. The molecule has 166 valence electrons. The van der Waals surface area contributed by atoms with Gasteiger partial charge in [-0.1, -0.05) is 31.9 Å². The quantitative estimate of drug-likeness (QED) is 0.314. The van der Waals surface area contributed by atoms with Gasteiger partial charge < -0.3 is 4.74 Å². The zero-order valence-corrected chi connectivity index (χ0v) is 17.7. The van der Waals surface area contributed by atoms with E-state index in [1.165, 1.54) is 6.42 Å². The van der Waals surface area contributed by atoms with Crippen molar-refractivity contribution in [3.63, 3.8) is 0 Å². The summed E-state index contributed by atoms with van der Waals surface area (Å²) in [5.41, 5.74) is 1.09. The van der Waals surface area contributed by atoms with Crippen molar-refractivity contribution in [3.8, 4) is 5.75 Å². The summed E-state index contributed by atoms with van der Waals surface area (Å²) in [4.78, 5) is 0. The van der Waals surface area contributed by atoms with Crippen molar-refractivity contribution in [2.24, 2.45) is 17.8 Å². The van der Waals surface area contributed by atoms with Crippen LogP contribution in [0.25, 0.3) is 0 Å². The van der Waals surface area contributed by atoms with E-state index in [-0.39, 0.29) is 17.8 Å². The Labute approximate surface area is 177 Å². The van der Waals surface area contributed by atoms with E-state index in [9.17, 15) is 17.6 Å². The highest BCUT2D eigenvalue weighted by Crippen LogP contribution is 2.43. The fraction of sp³-hybridized carbons (Fsp3) is 0.600. The third-order valence-corrected chi connectivity index (χ3v) is 6.85. The fourth-order valence-electron chi connectivity index (χ4n) is 5.11. The summed E-state index contributed by atoms with van der Waals surface area (Å²) in [5.74, 6) is -0.212. The lowest BCUT2D eigenvalue weighted by Gasteiger charge is -2.31. The smallest absolute Gasteiger partial charge is 0.305 e. The van der Waals surface area contributed by atoms with E-state index in [1.807, 2.05) is 12.1 Å². The van der Waals surface area contributed by atoms with Gasteiger partial charge in [0.2, 0.25) is 0 Å². The fourth-order valence-corrected chi connectivity index (χ4v) is 5.11. The maximum Gasteiger partial charge on any atom is 0.305 e. The monoisotopic (exact) mass is 424 g/mol. The molecule has 0 saturated heterocycles. The summed E-state index contributed by atoms with van der Waals surface area (Å²) in [6.45, 7) is 2.18. The van der Waals surface area contributed by atoms with Crippen molar-refractivity contribution in [1.82, 2.24) is 0 Å². The predicted octanol–water partition coefficient (Wildman–Crippen LogP) is 8.83. The third-order valence-electron chi connectivity index (χ3n) is 6.85. The number of ether oxygens (including phenoxy) is 1. The van der Waals surface area contributed by atoms with E-state index in [0.717, 1.165) is 50.5 Å². The predicted molar refractivity (Wildman–Crippen MR) is 112 cm³/mol. The highest BCUT2D eigenvalue weighted by Gasteiger charge is 2.31. The van der Waals surface area contributed by atoms with Gasteiger partial charge in [-0.2, -0.15) is 8.78 Å². The molecule has 30 heavy (non-hydrogen) atoms. The Morgan fingerprint density at radius 1 is 0.833 bits per heavy atom. The topological polar surface area (TPSA) is 9.23 Å². The summed E-state index contributed by atoms with van der Waals surface area (Å²) in [6, 6.07) is 7.06. The second-order valence-electron chi connectivity index (χ2n) is 8.85. The van der Waals surface area contributed by atoms with E-state index in [1.54, 1.807) is 12.1 Å². The van der Waals surface area contributed by atoms with Crippen molar-refractivity contribution in [3.05, 3.63) is 53.8 Å². The summed E-state index contributed by atoms with van der Waals surface area (Å²) in [7, 11) is 0. The van der Waals surface area contributed by atoms with Crippen LogP contribution in [0.5, 0.6) is 5.75 Å². The molecule has 2 aliphatic rings. The second kappa shape index (κ2) is 11.0. The van der Waals surface area contributed by atoms with E-state index in [4.69, 9.17) is 4.74 Å². The van der Waals surface area contributed by atoms with Gasteiger partial charge in [-0.3, -0.25) is 0 Å². The van der Waals surface area contributed by atoms with Crippen LogP contribution in [0.3, 0.4) is 0 Å². The van der Waals surface area contributed by atoms with Gasteiger partial charge in [0.1, 0.15) is 17.4 Å². The van der Waals surface area contributed by atoms with Gasteiger partial charge >= 0.3 is 6.08 Å². The molecule has 0 unspecified atom stereocenters. The molecule has 0 heterocycles. The summed E-state index contributed by atoms with van der Waals surface area (Å²) >= 11 is 0. The van der Waals surface area contributed by atoms with Gasteiger partial charge in [0.15, 0.2) is 6.26 Å². The Bertz CT molecular complexity index is 720. The third kappa shape index (κ3) is 6.12. The van der Waals surface area contributed by atoms with E-state index >= 15 is 0 Å². The Kier molecular flexibility index (Phi) is 8.41. The van der Waals surface area contributed by atoms with E-state index in [0.29, 0.717) is 30.8 Å². The highest BCUT2D eigenvalue weighted by molar-refractivity contribution is 5.30. The molecular weight excluding hydrogens is 392 g/mol. The van der Waals surface area contributed by atoms with Gasteiger partial charge in [0, 0.05) is 11.8 Å². The largest absolute Gasteiger partial charge is 0.459 e. The van der Waals surface area contributed by atoms with Crippen LogP contribution in [0.15, 0.2) is 48.3 Å². The molecule has 3 rings (SSSR count). The van der Waals surface area contributed by atoms with Crippen molar-refractivity contribution < 1.29 is 22.3 Å². The average molecular weight is 425 g/mol. The lowest BCUT2D eigenvalue weighted by Crippen LogP contribution is -2.18. The molecule has 1 nitrogen and oxygen atoms in total. The standard InChI is InChI=1S/C25H32F4O/c1-2-3-17-4-6-20(7-5-17)24(28)25(29)21-10-8-18(9-11-21)19-12-14-22(15-13-19)30-16-23(26)27/h12-18,20-21H,2-11H2,1H3. The molecule has 1 aromatic carbocycles. The van der Waals surface area contributed by atoms with Crippen molar-refractivity contribution in [1.29, 1.82) is 0 Å². The number of hydrogen-bond donors (Lipinski definition) is 0. The summed E-state index contributed by atoms with van der Waals surface area (Å²) in [5, 5.41) is 0. The van der Waals surface area contributed by atoms with Gasteiger partial charge in [-0.15, -0.1) is 0 Å². The van der Waals surface area contributed by atoms with Crippen molar-refractivity contribution >= 4 is 0 Å². The second-order valence-corrected chi connectivity index (χ2v) is 8.85. The SMILES string of the molecule is CCCC1CCC(C(F)=C(F)C2CCC(c3ccc(OC=C(F)F)cc3)CC2)CC1.